The average molecular weight is 172 g/mol. The molecule has 0 bridgehead atoms. The van der Waals surface area contributed by atoms with E-state index in [1.165, 1.54) is 0 Å². The van der Waals surface area contributed by atoms with Crippen LogP contribution in [0.2, 0.25) is 0 Å². The minimum absolute atomic E-state index is 0.449. The van der Waals surface area contributed by atoms with Crippen LogP contribution in [-0.4, -0.2) is 5.71 Å². The summed E-state index contributed by atoms with van der Waals surface area (Å²) in [5.41, 5.74) is 7.48. The Hall–Kier alpha value is -0.790. The Morgan fingerprint density at radius 1 is 0.917 bits per heavy atom. The lowest BCUT2D eigenvalue weighted by Crippen LogP contribution is -2.07. The number of rotatable bonds is 1. The quantitative estimate of drug-likeness (QED) is 0.586. The van der Waals surface area contributed by atoms with E-state index in [2.05, 4.69) is 0 Å². The number of hydrogen-bond acceptors (Lipinski definition) is 2. The van der Waals surface area contributed by atoms with E-state index in [-0.39, 0.29) is 0 Å². The molecule has 0 unspecified atom stereocenters. The molecule has 0 atom stereocenters. The second-order valence-corrected chi connectivity index (χ2v) is 2.04. The third-order valence-electron chi connectivity index (χ3n) is 0.943. The first kappa shape index (κ1) is 17.3. The third-order valence-corrected chi connectivity index (χ3v) is 0.943. The molecule has 0 saturated carbocycles. The highest BCUT2D eigenvalue weighted by atomic mass is 14.6. The molecule has 0 aliphatic heterocycles. The van der Waals surface area contributed by atoms with Crippen LogP contribution in [0.5, 0.6) is 0 Å². The van der Waals surface area contributed by atoms with E-state index >= 15 is 0 Å². The summed E-state index contributed by atoms with van der Waals surface area (Å²) >= 11 is 0. The van der Waals surface area contributed by atoms with Crippen LogP contribution in [0.3, 0.4) is 0 Å². The second kappa shape index (κ2) is 12.8. The zero-order chi connectivity index (χ0) is 10.7. The van der Waals surface area contributed by atoms with Gasteiger partial charge in [-0.15, -0.1) is 0 Å². The van der Waals surface area contributed by atoms with Crippen LogP contribution in [0.4, 0.5) is 0 Å². The molecule has 0 aromatic carbocycles. The Balaban J connectivity index is -0.000000175. The van der Waals surface area contributed by atoms with Crippen LogP contribution < -0.4 is 5.73 Å². The van der Waals surface area contributed by atoms with Gasteiger partial charge < -0.3 is 11.1 Å². The molecule has 0 fully saturated rings. The molecule has 2 heteroatoms. The Morgan fingerprint density at radius 2 is 1.17 bits per heavy atom. The fourth-order valence-electron chi connectivity index (χ4n) is 0.375. The summed E-state index contributed by atoms with van der Waals surface area (Å²) in [4.78, 5) is 0. The number of nitrogens with one attached hydrogen (secondary N) is 1. The maximum absolute atomic E-state index is 7.05. The number of nitrogens with two attached hydrogens (primary N) is 1. The summed E-state index contributed by atoms with van der Waals surface area (Å²) in [7, 11) is 0. The standard InChI is InChI=1S/C6H12N2.2C2H6/c1-4(2)6(8)5(3)7;2*1-2/h7H,8H2,1-3H3;2*1-2H3. The zero-order valence-electron chi connectivity index (χ0n) is 9.58. The molecule has 0 aromatic rings. The van der Waals surface area contributed by atoms with Crippen molar-refractivity contribution in [1.29, 1.82) is 5.41 Å². The van der Waals surface area contributed by atoms with Crippen molar-refractivity contribution in [3.8, 4) is 0 Å². The van der Waals surface area contributed by atoms with Crippen molar-refractivity contribution in [3.05, 3.63) is 11.3 Å². The lowest BCUT2D eigenvalue weighted by atomic mass is 10.2. The molecule has 0 heterocycles. The van der Waals surface area contributed by atoms with Crippen LogP contribution in [0.15, 0.2) is 11.3 Å². The molecule has 0 aliphatic rings. The fraction of sp³-hybridized carbons (Fsp3) is 0.700. The lowest BCUT2D eigenvalue weighted by Gasteiger charge is -1.97. The van der Waals surface area contributed by atoms with Crippen LogP contribution in [0, 0.1) is 5.41 Å². The first-order valence-electron chi connectivity index (χ1n) is 4.54. The van der Waals surface area contributed by atoms with E-state index in [0.29, 0.717) is 11.4 Å². The molecule has 0 rings (SSSR count). The summed E-state index contributed by atoms with van der Waals surface area (Å²) in [5.74, 6) is 0. The number of allylic oxidation sites excluding steroid dienone is 2. The lowest BCUT2D eigenvalue weighted by molar-refractivity contribution is 1.25. The van der Waals surface area contributed by atoms with Crippen molar-refractivity contribution < 1.29 is 0 Å². The molecule has 74 valence electrons. The fourth-order valence-corrected chi connectivity index (χ4v) is 0.375. The molecule has 0 aliphatic carbocycles. The molecular weight excluding hydrogens is 148 g/mol. The van der Waals surface area contributed by atoms with Gasteiger partial charge in [-0.05, 0) is 20.8 Å². The van der Waals surface area contributed by atoms with Crippen LogP contribution in [0.1, 0.15) is 48.5 Å². The SMILES string of the molecule is CC.CC.CC(=N)C(N)=C(C)C. The predicted molar refractivity (Wildman–Crippen MR) is 58.7 cm³/mol. The van der Waals surface area contributed by atoms with Gasteiger partial charge in [0.05, 0.1) is 11.4 Å². The molecule has 0 amide bonds. The molecule has 0 saturated heterocycles. The second-order valence-electron chi connectivity index (χ2n) is 2.04. The Bertz CT molecular complexity index is 131. The third kappa shape index (κ3) is 11.9. The zero-order valence-corrected chi connectivity index (χ0v) is 9.58. The number of hydrogen-bond donors (Lipinski definition) is 2. The van der Waals surface area contributed by atoms with E-state index in [1.54, 1.807) is 6.92 Å². The minimum Gasteiger partial charge on any atom is -0.397 e. The summed E-state index contributed by atoms with van der Waals surface area (Å²) < 4.78 is 0. The first-order chi connectivity index (χ1) is 5.55. The highest BCUT2D eigenvalue weighted by Crippen LogP contribution is 1.95. The monoisotopic (exact) mass is 172 g/mol. The van der Waals surface area contributed by atoms with E-state index in [0.717, 1.165) is 5.57 Å². The Morgan fingerprint density at radius 3 is 1.17 bits per heavy atom. The smallest absolute Gasteiger partial charge is 0.0511 e. The van der Waals surface area contributed by atoms with Crippen LogP contribution in [-0.2, 0) is 0 Å². The maximum atomic E-state index is 7.05. The summed E-state index contributed by atoms with van der Waals surface area (Å²) in [6.45, 7) is 13.5. The highest BCUT2D eigenvalue weighted by molar-refractivity contribution is 5.95. The van der Waals surface area contributed by atoms with Gasteiger partial charge in [-0.1, -0.05) is 33.3 Å². The predicted octanol–water partition coefficient (Wildman–Crippen LogP) is 3.33. The van der Waals surface area contributed by atoms with E-state index < -0.39 is 0 Å². The van der Waals surface area contributed by atoms with Gasteiger partial charge in [-0.2, -0.15) is 0 Å². The molecule has 0 spiro atoms. The van der Waals surface area contributed by atoms with Gasteiger partial charge >= 0.3 is 0 Å². The summed E-state index contributed by atoms with van der Waals surface area (Å²) in [5, 5.41) is 7.05. The molecular formula is C10H24N2. The molecule has 0 aromatic heterocycles. The van der Waals surface area contributed by atoms with E-state index in [1.807, 2.05) is 41.5 Å². The summed E-state index contributed by atoms with van der Waals surface area (Å²) in [6, 6.07) is 0. The first-order valence-corrected chi connectivity index (χ1v) is 4.54. The largest absolute Gasteiger partial charge is 0.397 e. The van der Waals surface area contributed by atoms with Gasteiger partial charge in [0.1, 0.15) is 0 Å². The van der Waals surface area contributed by atoms with Gasteiger partial charge in [0.15, 0.2) is 0 Å². The van der Waals surface area contributed by atoms with Crippen molar-refractivity contribution in [1.82, 2.24) is 0 Å². The van der Waals surface area contributed by atoms with Gasteiger partial charge in [-0.25, -0.2) is 0 Å². The van der Waals surface area contributed by atoms with E-state index in [4.69, 9.17) is 11.1 Å². The van der Waals surface area contributed by atoms with Crippen molar-refractivity contribution in [2.45, 2.75) is 48.5 Å². The molecule has 3 N–H and O–H groups in total. The van der Waals surface area contributed by atoms with Gasteiger partial charge in [0, 0.05) is 0 Å². The minimum atomic E-state index is 0.449. The molecule has 2 nitrogen and oxygen atoms in total. The van der Waals surface area contributed by atoms with Gasteiger partial charge in [0.2, 0.25) is 0 Å². The molecule has 0 radical (unpaired) electrons. The van der Waals surface area contributed by atoms with Crippen molar-refractivity contribution in [2.24, 2.45) is 5.73 Å². The Kier molecular flexibility index (Phi) is 18.6. The highest BCUT2D eigenvalue weighted by Gasteiger charge is 1.92. The average Bonchev–Trinajstić information content (AvgIpc) is 2.10. The topological polar surface area (TPSA) is 49.9 Å². The van der Waals surface area contributed by atoms with Crippen molar-refractivity contribution in [2.75, 3.05) is 0 Å². The van der Waals surface area contributed by atoms with Gasteiger partial charge in [0.25, 0.3) is 0 Å². The van der Waals surface area contributed by atoms with Crippen molar-refractivity contribution >= 4 is 5.71 Å². The van der Waals surface area contributed by atoms with E-state index in [9.17, 15) is 0 Å². The maximum Gasteiger partial charge on any atom is 0.0511 e. The van der Waals surface area contributed by atoms with Gasteiger partial charge in [-0.3, -0.25) is 0 Å². The van der Waals surface area contributed by atoms with Crippen LogP contribution in [0.25, 0.3) is 0 Å². The summed E-state index contributed by atoms with van der Waals surface area (Å²) in [6.07, 6.45) is 0. The normalized spacial score (nSPS) is 6.58. The van der Waals surface area contributed by atoms with Crippen LogP contribution >= 0.6 is 0 Å². The van der Waals surface area contributed by atoms with Crippen molar-refractivity contribution in [3.63, 3.8) is 0 Å². The molecule has 12 heavy (non-hydrogen) atoms. The Labute approximate surface area is 77.4 Å².